The van der Waals surface area contributed by atoms with Crippen molar-refractivity contribution >= 4 is 5.84 Å². The van der Waals surface area contributed by atoms with Gasteiger partial charge in [0.25, 0.3) is 6.54 Å². The Morgan fingerprint density at radius 2 is 2.42 bits per heavy atom. The molecule has 1 aromatic heterocycles. The van der Waals surface area contributed by atoms with E-state index in [4.69, 9.17) is 4.74 Å². The topological polar surface area (TPSA) is 80.9 Å². The number of likely N-dealkylation sites (N-methyl/N-ethyl adjacent to an activating group) is 1. The lowest BCUT2D eigenvalue weighted by Crippen LogP contribution is -2.32. The number of amidine groups is 1. The molecule has 0 atom stereocenters. The summed E-state index contributed by atoms with van der Waals surface area (Å²) in [7, 11) is 3.35. The van der Waals surface area contributed by atoms with Crippen LogP contribution < -0.4 is 0 Å². The fourth-order valence-corrected chi connectivity index (χ4v) is 1.53. The lowest BCUT2D eigenvalue weighted by molar-refractivity contribution is -0.464. The fourth-order valence-electron chi connectivity index (χ4n) is 1.53. The minimum absolute atomic E-state index is 0.291. The zero-order chi connectivity index (χ0) is 14.1. The van der Waals surface area contributed by atoms with Crippen LogP contribution in [0.2, 0.25) is 0 Å². The van der Waals surface area contributed by atoms with Crippen LogP contribution in [0.5, 0.6) is 0 Å². The van der Waals surface area contributed by atoms with Crippen LogP contribution in [-0.2, 0) is 11.3 Å². The van der Waals surface area contributed by atoms with Gasteiger partial charge < -0.3 is 9.64 Å². The molecule has 0 aliphatic carbocycles. The second-order valence-corrected chi connectivity index (χ2v) is 4.00. The molecular formula is C12H18N4O3. The first-order chi connectivity index (χ1) is 9.13. The van der Waals surface area contributed by atoms with E-state index in [0.717, 1.165) is 5.56 Å². The number of nitro groups is 1. The van der Waals surface area contributed by atoms with Gasteiger partial charge in [0.1, 0.15) is 0 Å². The zero-order valence-corrected chi connectivity index (χ0v) is 11.2. The Morgan fingerprint density at radius 3 is 3.00 bits per heavy atom. The predicted molar refractivity (Wildman–Crippen MR) is 71.7 cm³/mol. The lowest BCUT2D eigenvalue weighted by atomic mass is 10.2. The Labute approximate surface area is 112 Å². The zero-order valence-electron chi connectivity index (χ0n) is 11.2. The van der Waals surface area contributed by atoms with E-state index in [1.165, 1.54) is 0 Å². The number of nitrogens with zero attached hydrogens (tertiary/aromatic N) is 4. The predicted octanol–water partition coefficient (Wildman–Crippen LogP) is 0.835. The number of aromatic nitrogens is 1. The summed E-state index contributed by atoms with van der Waals surface area (Å²) in [6.07, 6.45) is 3.42. The molecule has 0 bridgehead atoms. The quantitative estimate of drug-likeness (QED) is 0.240. The Hall–Kier alpha value is -2.02. The van der Waals surface area contributed by atoms with Crippen LogP contribution >= 0.6 is 0 Å². The van der Waals surface area contributed by atoms with Crippen molar-refractivity contribution in [1.82, 2.24) is 9.88 Å². The van der Waals surface area contributed by atoms with Crippen LogP contribution in [-0.4, -0.2) is 54.5 Å². The number of hydrogen-bond acceptors (Lipinski definition) is 5. The third-order valence-corrected chi connectivity index (χ3v) is 2.44. The third kappa shape index (κ3) is 5.91. The highest BCUT2D eigenvalue weighted by Gasteiger charge is 2.13. The van der Waals surface area contributed by atoms with E-state index in [-0.39, 0.29) is 11.5 Å². The molecule has 0 fully saturated rings. The standard InChI is InChI=1S/C12H18N4O3/c1-15(9-11-4-3-5-13-8-11)12(10-16(17)18)14-6-7-19-2/h3-5,8H,6-7,9-10H2,1-2H3. The highest BCUT2D eigenvalue weighted by atomic mass is 16.6. The summed E-state index contributed by atoms with van der Waals surface area (Å²) in [6.45, 7) is 1.10. The van der Waals surface area contributed by atoms with Crippen molar-refractivity contribution in [2.24, 2.45) is 4.99 Å². The molecule has 0 spiro atoms. The highest BCUT2D eigenvalue weighted by Crippen LogP contribution is 2.02. The van der Waals surface area contributed by atoms with E-state index in [1.807, 2.05) is 12.1 Å². The lowest BCUT2D eigenvalue weighted by Gasteiger charge is -2.18. The van der Waals surface area contributed by atoms with E-state index in [9.17, 15) is 10.1 Å². The molecule has 7 nitrogen and oxygen atoms in total. The highest BCUT2D eigenvalue weighted by molar-refractivity contribution is 5.83. The molecule has 0 aliphatic rings. The summed E-state index contributed by atoms with van der Waals surface area (Å²) in [4.78, 5) is 20.2. The van der Waals surface area contributed by atoms with Gasteiger partial charge in [-0.1, -0.05) is 6.07 Å². The van der Waals surface area contributed by atoms with Crippen molar-refractivity contribution in [3.8, 4) is 0 Å². The molecule has 0 amide bonds. The summed E-state index contributed by atoms with van der Waals surface area (Å²) in [5.41, 5.74) is 0.979. The maximum Gasteiger partial charge on any atom is 0.260 e. The van der Waals surface area contributed by atoms with Crippen molar-refractivity contribution in [3.05, 3.63) is 40.2 Å². The minimum Gasteiger partial charge on any atom is -0.383 e. The first-order valence-electron chi connectivity index (χ1n) is 5.87. The molecule has 0 unspecified atom stereocenters. The Kier molecular flexibility index (Phi) is 6.45. The maximum atomic E-state index is 10.7. The monoisotopic (exact) mass is 266 g/mol. The SMILES string of the molecule is COCCN=C(C[N+](=O)[O-])N(C)Cc1cccnc1. The average molecular weight is 266 g/mol. The van der Waals surface area contributed by atoms with E-state index in [2.05, 4.69) is 9.98 Å². The number of rotatable bonds is 7. The summed E-state index contributed by atoms with van der Waals surface area (Å²) in [5, 5.41) is 10.7. The molecule has 104 valence electrons. The second-order valence-electron chi connectivity index (χ2n) is 4.00. The van der Waals surface area contributed by atoms with Crippen LogP contribution in [0.25, 0.3) is 0 Å². The molecule has 1 heterocycles. The largest absolute Gasteiger partial charge is 0.383 e. The third-order valence-electron chi connectivity index (χ3n) is 2.44. The van der Waals surface area contributed by atoms with E-state index < -0.39 is 0 Å². The van der Waals surface area contributed by atoms with E-state index in [0.29, 0.717) is 25.5 Å². The number of pyridine rings is 1. The summed E-state index contributed by atoms with van der Waals surface area (Å²) >= 11 is 0. The van der Waals surface area contributed by atoms with Gasteiger partial charge in [-0.25, -0.2) is 0 Å². The normalized spacial score (nSPS) is 11.4. The molecule has 0 N–H and O–H groups in total. The van der Waals surface area contributed by atoms with Crippen LogP contribution in [0, 0.1) is 10.1 Å². The molecule has 0 saturated carbocycles. The summed E-state index contributed by atoms with van der Waals surface area (Å²) in [5.74, 6) is 0.436. The van der Waals surface area contributed by atoms with Crippen molar-refractivity contribution in [2.45, 2.75) is 6.54 Å². The van der Waals surface area contributed by atoms with Gasteiger partial charge in [0.05, 0.1) is 13.2 Å². The van der Waals surface area contributed by atoms with Crippen molar-refractivity contribution in [2.75, 3.05) is 33.9 Å². The van der Waals surface area contributed by atoms with Crippen LogP contribution in [0.3, 0.4) is 0 Å². The van der Waals surface area contributed by atoms with Gasteiger partial charge in [0, 0.05) is 38.0 Å². The van der Waals surface area contributed by atoms with Gasteiger partial charge in [-0.2, -0.15) is 0 Å². The minimum atomic E-state index is -0.384. The van der Waals surface area contributed by atoms with Crippen molar-refractivity contribution in [1.29, 1.82) is 0 Å². The number of hydrogen-bond donors (Lipinski definition) is 0. The van der Waals surface area contributed by atoms with Crippen molar-refractivity contribution < 1.29 is 9.66 Å². The van der Waals surface area contributed by atoms with Crippen molar-refractivity contribution in [3.63, 3.8) is 0 Å². The Bertz CT molecular complexity index is 422. The molecule has 19 heavy (non-hydrogen) atoms. The number of aliphatic imine (C=N–C) groups is 1. The van der Waals surface area contributed by atoms with Gasteiger partial charge >= 0.3 is 0 Å². The molecule has 0 radical (unpaired) electrons. The molecule has 1 aromatic rings. The number of methoxy groups -OCH3 is 1. The average Bonchev–Trinajstić information content (AvgIpc) is 2.38. The van der Waals surface area contributed by atoms with Crippen LogP contribution in [0.4, 0.5) is 0 Å². The molecule has 0 aliphatic heterocycles. The van der Waals surface area contributed by atoms with Crippen LogP contribution in [0.1, 0.15) is 5.56 Å². The Morgan fingerprint density at radius 1 is 1.63 bits per heavy atom. The van der Waals surface area contributed by atoms with E-state index in [1.54, 1.807) is 31.5 Å². The summed E-state index contributed by atoms with van der Waals surface area (Å²) in [6, 6.07) is 3.75. The first kappa shape index (κ1) is 15.0. The second kappa shape index (κ2) is 8.15. The van der Waals surface area contributed by atoms with Gasteiger partial charge in [0.15, 0.2) is 5.84 Å². The van der Waals surface area contributed by atoms with E-state index >= 15 is 0 Å². The van der Waals surface area contributed by atoms with Gasteiger partial charge in [-0.3, -0.25) is 20.1 Å². The molecular weight excluding hydrogens is 248 g/mol. The molecule has 0 aromatic carbocycles. The van der Waals surface area contributed by atoms with Gasteiger partial charge in [-0.05, 0) is 11.6 Å². The molecule has 1 rings (SSSR count). The molecule has 0 saturated heterocycles. The molecule has 7 heteroatoms. The first-order valence-corrected chi connectivity index (χ1v) is 5.87. The smallest absolute Gasteiger partial charge is 0.260 e. The van der Waals surface area contributed by atoms with Gasteiger partial charge in [0.2, 0.25) is 0 Å². The van der Waals surface area contributed by atoms with Gasteiger partial charge in [-0.15, -0.1) is 0 Å². The maximum absolute atomic E-state index is 10.7. The van der Waals surface area contributed by atoms with Crippen LogP contribution in [0.15, 0.2) is 29.5 Å². The Balaban J connectivity index is 2.67. The summed E-state index contributed by atoms with van der Waals surface area (Å²) < 4.78 is 4.89. The fraction of sp³-hybridized carbons (Fsp3) is 0.500. The number of ether oxygens (including phenoxy) is 1.